The molecule has 6 nitrogen and oxygen atoms in total. The van der Waals surface area contributed by atoms with Crippen molar-refractivity contribution in [1.29, 1.82) is 0 Å². The van der Waals surface area contributed by atoms with Crippen LogP contribution in [0.2, 0.25) is 5.15 Å². The number of halogens is 1. The predicted molar refractivity (Wildman–Crippen MR) is 70.6 cm³/mol. The molecular weight excluding hydrogens is 268 g/mol. The van der Waals surface area contributed by atoms with E-state index >= 15 is 0 Å². The van der Waals surface area contributed by atoms with Crippen LogP contribution in [0.1, 0.15) is 24.6 Å². The van der Waals surface area contributed by atoms with Crippen LogP contribution < -0.4 is 5.32 Å². The molecule has 0 saturated carbocycles. The minimum Gasteiger partial charge on any atom is -0.343 e. The monoisotopic (exact) mass is 284 g/mol. The lowest BCUT2D eigenvalue weighted by atomic mass is 10.1. The molecular formula is C12H17ClN4O2. The molecule has 0 bridgehead atoms. The zero-order valence-corrected chi connectivity index (χ0v) is 12.0. The van der Waals surface area contributed by atoms with Crippen molar-refractivity contribution in [3.8, 4) is 0 Å². The highest BCUT2D eigenvalue weighted by Crippen LogP contribution is 2.21. The summed E-state index contributed by atoms with van der Waals surface area (Å²) in [7, 11) is 1.75. The van der Waals surface area contributed by atoms with Crippen LogP contribution in [-0.2, 0) is 23.2 Å². The van der Waals surface area contributed by atoms with Gasteiger partial charge in [-0.1, -0.05) is 18.5 Å². The van der Waals surface area contributed by atoms with Gasteiger partial charge < -0.3 is 10.2 Å². The van der Waals surface area contributed by atoms with Gasteiger partial charge in [-0.05, 0) is 13.3 Å². The maximum Gasteiger partial charge on any atom is 0.245 e. The maximum atomic E-state index is 12.2. The molecule has 1 unspecified atom stereocenters. The van der Waals surface area contributed by atoms with Crippen LogP contribution in [0.25, 0.3) is 0 Å². The van der Waals surface area contributed by atoms with Crippen molar-refractivity contribution in [2.45, 2.75) is 32.9 Å². The normalized spacial score (nSPS) is 19.8. The van der Waals surface area contributed by atoms with Gasteiger partial charge in [0.25, 0.3) is 0 Å². The topological polar surface area (TPSA) is 67.2 Å². The van der Waals surface area contributed by atoms with Gasteiger partial charge in [-0.3, -0.25) is 14.3 Å². The number of rotatable bonds is 3. The zero-order valence-electron chi connectivity index (χ0n) is 11.2. The van der Waals surface area contributed by atoms with E-state index < -0.39 is 6.04 Å². The standard InChI is InChI=1S/C12H17ClN4O2/c1-4-9-12(19)17(6-10(18)14-9)5-8-7(2)15-16(3)11(8)13/h9H,4-6H2,1-3H3,(H,14,18). The summed E-state index contributed by atoms with van der Waals surface area (Å²) < 4.78 is 1.57. The SMILES string of the molecule is CCC1NC(=O)CN(Cc2c(C)nn(C)c2Cl)C1=O. The van der Waals surface area contributed by atoms with Gasteiger partial charge in [-0.2, -0.15) is 5.10 Å². The highest BCUT2D eigenvalue weighted by molar-refractivity contribution is 6.30. The molecule has 0 spiro atoms. The van der Waals surface area contributed by atoms with Crippen molar-refractivity contribution in [3.63, 3.8) is 0 Å². The molecule has 1 aliphatic rings. The summed E-state index contributed by atoms with van der Waals surface area (Å²) in [6.07, 6.45) is 0.584. The van der Waals surface area contributed by atoms with Gasteiger partial charge in [0.1, 0.15) is 11.2 Å². The molecule has 19 heavy (non-hydrogen) atoms. The molecule has 0 radical (unpaired) electrons. The lowest BCUT2D eigenvalue weighted by molar-refractivity contribution is -0.144. The van der Waals surface area contributed by atoms with Crippen LogP contribution in [0.4, 0.5) is 0 Å². The molecule has 1 aliphatic heterocycles. The van der Waals surface area contributed by atoms with E-state index in [2.05, 4.69) is 10.4 Å². The minimum atomic E-state index is -0.433. The summed E-state index contributed by atoms with van der Waals surface area (Å²) in [5, 5.41) is 7.39. The summed E-state index contributed by atoms with van der Waals surface area (Å²) in [4.78, 5) is 25.3. The smallest absolute Gasteiger partial charge is 0.245 e. The zero-order chi connectivity index (χ0) is 14.2. The second-order valence-corrected chi connectivity index (χ2v) is 5.06. The number of piperazine rings is 1. The highest BCUT2D eigenvalue weighted by Gasteiger charge is 2.32. The summed E-state index contributed by atoms with van der Waals surface area (Å²) in [6.45, 7) is 4.10. The van der Waals surface area contributed by atoms with Gasteiger partial charge in [0.2, 0.25) is 11.8 Å². The third-order valence-electron chi connectivity index (χ3n) is 3.31. The number of carbonyl (C=O) groups excluding carboxylic acids is 2. The van der Waals surface area contributed by atoms with E-state index in [1.165, 1.54) is 4.90 Å². The summed E-state index contributed by atoms with van der Waals surface area (Å²) in [5.41, 5.74) is 1.57. The second kappa shape index (κ2) is 5.21. The number of hydrogen-bond acceptors (Lipinski definition) is 3. The van der Waals surface area contributed by atoms with E-state index in [-0.39, 0.29) is 18.4 Å². The molecule has 1 fully saturated rings. The number of aryl methyl sites for hydroxylation is 2. The molecule has 1 atom stereocenters. The van der Waals surface area contributed by atoms with Crippen LogP contribution in [0, 0.1) is 6.92 Å². The van der Waals surface area contributed by atoms with Crippen molar-refractivity contribution in [1.82, 2.24) is 20.0 Å². The Hall–Kier alpha value is -1.56. The van der Waals surface area contributed by atoms with Crippen LogP contribution in [-0.4, -0.2) is 39.1 Å². The Morgan fingerprint density at radius 3 is 2.68 bits per heavy atom. The molecule has 2 rings (SSSR count). The first-order valence-corrected chi connectivity index (χ1v) is 6.58. The van der Waals surface area contributed by atoms with Gasteiger partial charge >= 0.3 is 0 Å². The van der Waals surface area contributed by atoms with E-state index in [4.69, 9.17) is 11.6 Å². The van der Waals surface area contributed by atoms with Crippen molar-refractivity contribution in [3.05, 3.63) is 16.4 Å². The Labute approximate surface area is 116 Å². The number of amides is 2. The number of carbonyl (C=O) groups is 2. The summed E-state index contributed by atoms with van der Waals surface area (Å²) in [6, 6.07) is -0.433. The molecule has 1 saturated heterocycles. The predicted octanol–water partition coefficient (Wildman–Crippen LogP) is 0.619. The molecule has 0 aromatic carbocycles. The second-order valence-electron chi connectivity index (χ2n) is 4.70. The number of aromatic nitrogens is 2. The van der Waals surface area contributed by atoms with Crippen molar-refractivity contribution >= 4 is 23.4 Å². The third kappa shape index (κ3) is 2.58. The van der Waals surface area contributed by atoms with E-state index in [0.717, 1.165) is 11.3 Å². The molecule has 7 heteroatoms. The van der Waals surface area contributed by atoms with Crippen LogP contribution in [0.15, 0.2) is 0 Å². The Kier molecular flexibility index (Phi) is 3.80. The van der Waals surface area contributed by atoms with Crippen molar-refractivity contribution in [2.24, 2.45) is 7.05 Å². The van der Waals surface area contributed by atoms with E-state index in [0.29, 0.717) is 18.1 Å². The van der Waals surface area contributed by atoms with Gasteiger partial charge in [0, 0.05) is 12.6 Å². The first-order chi connectivity index (χ1) is 8.93. The molecule has 0 aliphatic carbocycles. The largest absolute Gasteiger partial charge is 0.343 e. The minimum absolute atomic E-state index is 0.0681. The number of hydrogen-bond donors (Lipinski definition) is 1. The molecule has 1 aromatic heterocycles. The van der Waals surface area contributed by atoms with E-state index in [9.17, 15) is 9.59 Å². The van der Waals surface area contributed by atoms with Gasteiger partial charge in [-0.25, -0.2) is 0 Å². The number of nitrogens with zero attached hydrogens (tertiary/aromatic N) is 3. The summed E-state index contributed by atoms with van der Waals surface area (Å²) >= 11 is 6.15. The van der Waals surface area contributed by atoms with Crippen LogP contribution in [0.5, 0.6) is 0 Å². The fourth-order valence-corrected chi connectivity index (χ4v) is 2.46. The molecule has 2 amide bonds. The van der Waals surface area contributed by atoms with Gasteiger partial charge in [0.15, 0.2) is 0 Å². The lowest BCUT2D eigenvalue weighted by Crippen LogP contribution is -2.57. The first-order valence-electron chi connectivity index (χ1n) is 6.20. The average Bonchev–Trinajstić information content (AvgIpc) is 2.60. The average molecular weight is 285 g/mol. The Morgan fingerprint density at radius 2 is 2.16 bits per heavy atom. The van der Waals surface area contributed by atoms with Crippen LogP contribution >= 0.6 is 11.6 Å². The fourth-order valence-electron chi connectivity index (χ4n) is 2.23. The Balaban J connectivity index is 2.22. The first kappa shape index (κ1) is 13.9. The van der Waals surface area contributed by atoms with Gasteiger partial charge in [0.05, 0.1) is 18.8 Å². The van der Waals surface area contributed by atoms with Crippen molar-refractivity contribution < 1.29 is 9.59 Å². The van der Waals surface area contributed by atoms with Crippen molar-refractivity contribution in [2.75, 3.05) is 6.54 Å². The number of nitrogens with one attached hydrogen (secondary N) is 1. The van der Waals surface area contributed by atoms with E-state index in [1.54, 1.807) is 11.7 Å². The quantitative estimate of drug-likeness (QED) is 0.885. The fraction of sp³-hybridized carbons (Fsp3) is 0.583. The maximum absolute atomic E-state index is 12.2. The molecule has 1 aromatic rings. The molecule has 2 heterocycles. The van der Waals surface area contributed by atoms with E-state index in [1.807, 2.05) is 13.8 Å². The third-order valence-corrected chi connectivity index (χ3v) is 3.78. The summed E-state index contributed by atoms with van der Waals surface area (Å²) in [5.74, 6) is -0.203. The molecule has 1 N–H and O–H groups in total. The van der Waals surface area contributed by atoms with Gasteiger partial charge in [-0.15, -0.1) is 0 Å². The van der Waals surface area contributed by atoms with Crippen LogP contribution in [0.3, 0.4) is 0 Å². The Morgan fingerprint density at radius 1 is 1.47 bits per heavy atom. The lowest BCUT2D eigenvalue weighted by Gasteiger charge is -2.32. The highest BCUT2D eigenvalue weighted by atomic mass is 35.5. The Bertz CT molecular complexity index is 526. The molecule has 104 valence electrons.